The molecule has 9 heteroatoms. The molecule has 1 saturated heterocycles. The van der Waals surface area contributed by atoms with Crippen molar-refractivity contribution in [3.8, 4) is 0 Å². The van der Waals surface area contributed by atoms with Gasteiger partial charge in [-0.3, -0.25) is 4.79 Å². The van der Waals surface area contributed by atoms with Gasteiger partial charge in [-0.1, -0.05) is 59.2 Å². The highest BCUT2D eigenvalue weighted by atomic mass is 35.5. The van der Waals surface area contributed by atoms with Gasteiger partial charge in [-0.15, -0.1) is 0 Å². The maximum atomic E-state index is 12.3. The molecule has 178 valence electrons. The van der Waals surface area contributed by atoms with Gasteiger partial charge >= 0.3 is 0 Å². The van der Waals surface area contributed by atoms with E-state index in [1.165, 1.54) is 11.8 Å². The smallest absolute Gasteiger partial charge is 0.251 e. The Balaban J connectivity index is 1.39. The monoisotopic (exact) mass is 515 g/mol. The van der Waals surface area contributed by atoms with Crippen LogP contribution in [0.15, 0.2) is 59.8 Å². The zero-order valence-electron chi connectivity index (χ0n) is 19.2. The minimum Gasteiger partial charge on any atom is -0.367 e. The van der Waals surface area contributed by atoms with E-state index in [-0.39, 0.29) is 11.9 Å². The number of carbonyl (C=O) groups excluding carboxylic acids is 1. The third kappa shape index (κ3) is 6.34. The second-order valence-electron chi connectivity index (χ2n) is 8.37. The average Bonchev–Trinajstić information content (AvgIpc) is 2.83. The number of thioether (sulfide) groups is 1. The lowest BCUT2D eigenvalue weighted by Gasteiger charge is -2.37. The minimum atomic E-state index is -0.0703. The first-order valence-corrected chi connectivity index (χ1v) is 12.9. The molecule has 0 bridgehead atoms. The molecule has 1 N–H and O–H groups in total. The third-order valence-corrected chi connectivity index (χ3v) is 6.87. The summed E-state index contributed by atoms with van der Waals surface area (Å²) < 4.78 is 0. The Hall–Kier alpha value is -2.48. The van der Waals surface area contributed by atoms with Gasteiger partial charge in [0.15, 0.2) is 5.16 Å². The van der Waals surface area contributed by atoms with Crippen LogP contribution in [0.1, 0.15) is 29.8 Å². The SMILES string of the molecule is CC(C)NC(=O)c1cccc(CSc2nc(Cl)cc(N3CCN(c4ccccc4Cl)CC3)n2)c1. The molecule has 6 nitrogen and oxygen atoms in total. The zero-order chi connectivity index (χ0) is 24.1. The predicted molar refractivity (Wildman–Crippen MR) is 142 cm³/mol. The molecule has 2 aromatic carbocycles. The third-order valence-electron chi connectivity index (χ3n) is 5.43. The maximum absolute atomic E-state index is 12.3. The number of benzene rings is 2. The van der Waals surface area contributed by atoms with Crippen LogP contribution in [0.4, 0.5) is 11.5 Å². The fourth-order valence-corrected chi connectivity index (χ4v) is 5.07. The molecule has 1 aromatic heterocycles. The molecule has 34 heavy (non-hydrogen) atoms. The van der Waals surface area contributed by atoms with Gasteiger partial charge in [-0.05, 0) is 43.7 Å². The highest BCUT2D eigenvalue weighted by Crippen LogP contribution is 2.29. The molecule has 1 aliphatic rings. The van der Waals surface area contributed by atoms with Gasteiger partial charge in [-0.25, -0.2) is 9.97 Å². The number of aromatic nitrogens is 2. The number of hydrogen-bond acceptors (Lipinski definition) is 6. The van der Waals surface area contributed by atoms with Crippen LogP contribution < -0.4 is 15.1 Å². The molecule has 1 fully saturated rings. The Labute approximate surface area is 214 Å². The highest BCUT2D eigenvalue weighted by molar-refractivity contribution is 7.98. The first kappa shape index (κ1) is 24.6. The summed E-state index contributed by atoms with van der Waals surface area (Å²) in [7, 11) is 0. The molecule has 3 aromatic rings. The highest BCUT2D eigenvalue weighted by Gasteiger charge is 2.21. The number of para-hydroxylation sites is 1. The predicted octanol–water partition coefficient (Wildman–Crippen LogP) is 5.54. The van der Waals surface area contributed by atoms with E-state index in [1.807, 2.05) is 62.4 Å². The minimum absolute atomic E-state index is 0.0703. The molecular formula is C25H27Cl2N5OS. The summed E-state index contributed by atoms with van der Waals surface area (Å²) in [6.45, 7) is 7.22. The molecule has 1 amide bonds. The van der Waals surface area contributed by atoms with Crippen molar-refractivity contribution >= 4 is 52.4 Å². The summed E-state index contributed by atoms with van der Waals surface area (Å²) in [4.78, 5) is 26.0. The van der Waals surface area contributed by atoms with Gasteiger partial charge in [0.2, 0.25) is 0 Å². The van der Waals surface area contributed by atoms with E-state index in [4.69, 9.17) is 28.2 Å². The number of anilines is 2. The lowest BCUT2D eigenvalue weighted by Crippen LogP contribution is -2.47. The summed E-state index contributed by atoms with van der Waals surface area (Å²) in [5.74, 6) is 1.40. The Bertz CT molecular complexity index is 1150. The standard InChI is InChI=1S/C25H27Cl2N5OS/c1-17(2)28-24(33)19-7-5-6-18(14-19)16-34-25-29-22(27)15-23(30-25)32-12-10-31(11-13-32)21-9-4-3-8-20(21)26/h3-9,14-15,17H,10-13,16H2,1-2H3,(H,28,33). The van der Waals surface area contributed by atoms with Crippen molar-refractivity contribution in [3.05, 3.63) is 75.9 Å². The fourth-order valence-electron chi connectivity index (χ4n) is 3.79. The summed E-state index contributed by atoms with van der Waals surface area (Å²) >= 11 is 14.2. The van der Waals surface area contributed by atoms with E-state index >= 15 is 0 Å². The van der Waals surface area contributed by atoms with Crippen molar-refractivity contribution in [1.82, 2.24) is 15.3 Å². The number of nitrogens with zero attached hydrogens (tertiary/aromatic N) is 4. The second kappa shape index (κ2) is 11.3. The van der Waals surface area contributed by atoms with E-state index < -0.39 is 0 Å². The Morgan fingerprint density at radius 1 is 1.00 bits per heavy atom. The van der Waals surface area contributed by atoms with Crippen LogP contribution in [0.2, 0.25) is 10.2 Å². The van der Waals surface area contributed by atoms with Crippen LogP contribution in [-0.4, -0.2) is 48.1 Å². The van der Waals surface area contributed by atoms with E-state index in [2.05, 4.69) is 26.2 Å². The molecule has 0 unspecified atom stereocenters. The molecule has 0 spiro atoms. The van der Waals surface area contributed by atoms with E-state index in [0.29, 0.717) is 21.6 Å². The van der Waals surface area contributed by atoms with Crippen molar-refractivity contribution in [2.75, 3.05) is 36.0 Å². The quantitative estimate of drug-likeness (QED) is 0.253. The Morgan fingerprint density at radius 2 is 1.74 bits per heavy atom. The number of hydrogen-bond donors (Lipinski definition) is 1. The van der Waals surface area contributed by atoms with Gasteiger partial charge in [0, 0.05) is 49.6 Å². The van der Waals surface area contributed by atoms with Gasteiger partial charge in [0.25, 0.3) is 5.91 Å². The lowest BCUT2D eigenvalue weighted by molar-refractivity contribution is 0.0943. The molecule has 0 saturated carbocycles. The number of piperazine rings is 1. The maximum Gasteiger partial charge on any atom is 0.251 e. The fraction of sp³-hybridized carbons (Fsp3) is 0.320. The van der Waals surface area contributed by atoms with E-state index in [9.17, 15) is 4.79 Å². The van der Waals surface area contributed by atoms with Gasteiger partial charge in [-0.2, -0.15) is 0 Å². The molecule has 0 radical (unpaired) electrons. The number of amides is 1. The summed E-state index contributed by atoms with van der Waals surface area (Å²) in [5.41, 5.74) is 2.74. The van der Waals surface area contributed by atoms with Gasteiger partial charge in [0.05, 0.1) is 10.7 Å². The van der Waals surface area contributed by atoms with E-state index in [0.717, 1.165) is 48.3 Å². The zero-order valence-corrected chi connectivity index (χ0v) is 21.5. The number of carbonyl (C=O) groups is 1. The van der Waals surface area contributed by atoms with Crippen LogP contribution in [0.25, 0.3) is 0 Å². The van der Waals surface area contributed by atoms with Crippen molar-refractivity contribution in [2.24, 2.45) is 0 Å². The Kier molecular flexibility index (Phi) is 8.19. The average molecular weight is 516 g/mol. The number of halogens is 2. The van der Waals surface area contributed by atoms with Gasteiger partial charge in [0.1, 0.15) is 11.0 Å². The van der Waals surface area contributed by atoms with Crippen molar-refractivity contribution in [3.63, 3.8) is 0 Å². The number of rotatable bonds is 7. The lowest BCUT2D eigenvalue weighted by atomic mass is 10.1. The van der Waals surface area contributed by atoms with Crippen LogP contribution in [0.5, 0.6) is 0 Å². The van der Waals surface area contributed by atoms with Crippen LogP contribution in [0, 0.1) is 0 Å². The molecule has 4 rings (SSSR count). The summed E-state index contributed by atoms with van der Waals surface area (Å²) in [6, 6.07) is 17.5. The largest absolute Gasteiger partial charge is 0.367 e. The van der Waals surface area contributed by atoms with Crippen molar-refractivity contribution in [1.29, 1.82) is 0 Å². The van der Waals surface area contributed by atoms with Crippen LogP contribution in [0.3, 0.4) is 0 Å². The summed E-state index contributed by atoms with van der Waals surface area (Å²) in [6.07, 6.45) is 0. The molecular weight excluding hydrogens is 489 g/mol. The van der Waals surface area contributed by atoms with Crippen molar-refractivity contribution in [2.45, 2.75) is 30.8 Å². The molecule has 2 heterocycles. The first-order chi connectivity index (χ1) is 16.4. The van der Waals surface area contributed by atoms with Crippen LogP contribution in [-0.2, 0) is 5.75 Å². The van der Waals surface area contributed by atoms with Crippen LogP contribution >= 0.6 is 35.0 Å². The topological polar surface area (TPSA) is 61.4 Å². The van der Waals surface area contributed by atoms with Crippen molar-refractivity contribution < 1.29 is 4.79 Å². The first-order valence-electron chi connectivity index (χ1n) is 11.2. The number of nitrogens with one attached hydrogen (secondary N) is 1. The van der Waals surface area contributed by atoms with E-state index in [1.54, 1.807) is 0 Å². The summed E-state index contributed by atoms with van der Waals surface area (Å²) in [5, 5.41) is 4.73. The Morgan fingerprint density at radius 3 is 2.47 bits per heavy atom. The molecule has 0 atom stereocenters. The van der Waals surface area contributed by atoms with Gasteiger partial charge < -0.3 is 15.1 Å². The second-order valence-corrected chi connectivity index (χ2v) is 10.1. The molecule has 0 aliphatic carbocycles. The normalized spacial score (nSPS) is 13.9. The molecule has 1 aliphatic heterocycles.